The number of ether oxygens (including phenoxy) is 2. The van der Waals surface area contributed by atoms with Crippen molar-refractivity contribution < 1.29 is 23.9 Å². The van der Waals surface area contributed by atoms with E-state index in [1.807, 2.05) is 0 Å². The van der Waals surface area contributed by atoms with Crippen molar-refractivity contribution in [2.24, 2.45) is 5.41 Å². The summed E-state index contributed by atoms with van der Waals surface area (Å²) in [5, 5.41) is 0. The van der Waals surface area contributed by atoms with E-state index in [4.69, 9.17) is 9.47 Å². The number of ketones is 1. The minimum atomic E-state index is -1.11. The van der Waals surface area contributed by atoms with E-state index in [-0.39, 0.29) is 18.8 Å². The third kappa shape index (κ3) is 3.68. The highest BCUT2D eigenvalue weighted by atomic mass is 16.5. The molecule has 0 aromatic heterocycles. The Morgan fingerprint density at radius 1 is 1.25 bits per heavy atom. The van der Waals surface area contributed by atoms with Crippen molar-refractivity contribution in [3.05, 3.63) is 11.6 Å². The SMILES string of the molecule is CCOC(=O)/C=C(\C)CC1(C(=O)OCC)CCCC1=O. The Hall–Kier alpha value is -1.65. The second-order valence-electron chi connectivity index (χ2n) is 5.00. The molecule has 20 heavy (non-hydrogen) atoms. The molecule has 5 heteroatoms. The number of allylic oxidation sites excluding steroid dienone is 1. The van der Waals surface area contributed by atoms with Gasteiger partial charge in [0, 0.05) is 12.5 Å². The number of esters is 2. The van der Waals surface area contributed by atoms with Crippen molar-refractivity contribution in [2.75, 3.05) is 13.2 Å². The molecule has 0 spiro atoms. The number of Topliss-reactive ketones (excluding diaryl/α,β-unsaturated/α-hetero) is 1. The first kappa shape index (κ1) is 16.4. The Bertz CT molecular complexity index is 424. The van der Waals surface area contributed by atoms with Gasteiger partial charge in [-0.15, -0.1) is 0 Å². The first-order valence-electron chi connectivity index (χ1n) is 7.00. The molecule has 0 aromatic rings. The number of hydrogen-bond acceptors (Lipinski definition) is 5. The molecule has 0 amide bonds. The van der Waals surface area contributed by atoms with Crippen LogP contribution in [0.15, 0.2) is 11.6 Å². The molecule has 0 radical (unpaired) electrons. The van der Waals surface area contributed by atoms with Gasteiger partial charge in [-0.05, 0) is 40.0 Å². The highest BCUT2D eigenvalue weighted by Crippen LogP contribution is 2.41. The maximum Gasteiger partial charge on any atom is 0.330 e. The highest BCUT2D eigenvalue weighted by molar-refractivity contribution is 6.05. The largest absolute Gasteiger partial charge is 0.465 e. The van der Waals surface area contributed by atoms with Crippen molar-refractivity contribution in [2.45, 2.75) is 46.5 Å². The average molecular weight is 282 g/mol. The molecule has 0 aromatic carbocycles. The van der Waals surface area contributed by atoms with E-state index in [2.05, 4.69) is 0 Å². The van der Waals surface area contributed by atoms with Crippen LogP contribution < -0.4 is 0 Å². The number of rotatable bonds is 6. The average Bonchev–Trinajstić information content (AvgIpc) is 2.72. The van der Waals surface area contributed by atoms with Gasteiger partial charge in [-0.3, -0.25) is 9.59 Å². The second kappa shape index (κ2) is 7.22. The number of carbonyl (C=O) groups excluding carboxylic acids is 3. The third-order valence-corrected chi connectivity index (χ3v) is 3.44. The van der Waals surface area contributed by atoms with Crippen molar-refractivity contribution in [1.29, 1.82) is 0 Å². The lowest BCUT2D eigenvalue weighted by atomic mass is 9.79. The van der Waals surface area contributed by atoms with Gasteiger partial charge in [0.25, 0.3) is 0 Å². The molecule has 1 unspecified atom stereocenters. The van der Waals surface area contributed by atoms with Crippen LogP contribution in [0, 0.1) is 5.41 Å². The summed E-state index contributed by atoms with van der Waals surface area (Å²) >= 11 is 0. The lowest BCUT2D eigenvalue weighted by Gasteiger charge is -2.25. The van der Waals surface area contributed by atoms with E-state index in [0.29, 0.717) is 31.4 Å². The zero-order valence-corrected chi connectivity index (χ0v) is 12.4. The topological polar surface area (TPSA) is 69.7 Å². The molecular formula is C15H22O5. The van der Waals surface area contributed by atoms with E-state index in [9.17, 15) is 14.4 Å². The van der Waals surface area contributed by atoms with Crippen molar-refractivity contribution in [1.82, 2.24) is 0 Å². The summed E-state index contributed by atoms with van der Waals surface area (Å²) in [5.41, 5.74) is -0.449. The summed E-state index contributed by atoms with van der Waals surface area (Å²) in [6, 6.07) is 0. The monoisotopic (exact) mass is 282 g/mol. The van der Waals surface area contributed by atoms with Gasteiger partial charge in [0.15, 0.2) is 5.78 Å². The Kier molecular flexibility index (Phi) is 5.92. The number of hydrogen-bond donors (Lipinski definition) is 0. The summed E-state index contributed by atoms with van der Waals surface area (Å²) < 4.78 is 9.88. The first-order valence-corrected chi connectivity index (χ1v) is 7.00. The Labute approximate surface area is 119 Å². The van der Waals surface area contributed by atoms with Crippen molar-refractivity contribution in [3.8, 4) is 0 Å². The molecule has 1 aliphatic rings. The van der Waals surface area contributed by atoms with Gasteiger partial charge >= 0.3 is 11.9 Å². The molecule has 0 heterocycles. The van der Waals surface area contributed by atoms with Gasteiger partial charge in [-0.25, -0.2) is 4.79 Å². The lowest BCUT2D eigenvalue weighted by molar-refractivity contribution is -0.158. The molecule has 1 atom stereocenters. The fraction of sp³-hybridized carbons (Fsp3) is 0.667. The van der Waals surface area contributed by atoms with E-state index in [1.54, 1.807) is 20.8 Å². The van der Waals surface area contributed by atoms with E-state index < -0.39 is 17.4 Å². The Morgan fingerprint density at radius 3 is 2.40 bits per heavy atom. The molecule has 1 aliphatic carbocycles. The van der Waals surface area contributed by atoms with Gasteiger partial charge in [-0.1, -0.05) is 5.57 Å². The molecule has 0 aliphatic heterocycles. The fourth-order valence-electron chi connectivity index (χ4n) is 2.59. The maximum absolute atomic E-state index is 12.1. The Morgan fingerprint density at radius 2 is 1.90 bits per heavy atom. The standard InChI is InChI=1S/C15H22O5/c1-4-19-13(17)9-11(3)10-15(14(18)20-5-2)8-6-7-12(15)16/h9H,4-8,10H2,1-3H3/b11-9+. The molecule has 1 saturated carbocycles. The maximum atomic E-state index is 12.1. The van der Waals surface area contributed by atoms with Crippen LogP contribution in [0.25, 0.3) is 0 Å². The van der Waals surface area contributed by atoms with Crippen LogP contribution in [0.3, 0.4) is 0 Å². The van der Waals surface area contributed by atoms with Gasteiger partial charge in [-0.2, -0.15) is 0 Å². The molecule has 0 N–H and O–H groups in total. The van der Waals surface area contributed by atoms with E-state index >= 15 is 0 Å². The van der Waals surface area contributed by atoms with Crippen LogP contribution in [0.1, 0.15) is 46.5 Å². The minimum absolute atomic E-state index is 0.0902. The third-order valence-electron chi connectivity index (χ3n) is 3.44. The van der Waals surface area contributed by atoms with Crippen LogP contribution in [0.5, 0.6) is 0 Å². The fourth-order valence-corrected chi connectivity index (χ4v) is 2.59. The first-order chi connectivity index (χ1) is 9.46. The molecule has 0 bridgehead atoms. The molecule has 5 nitrogen and oxygen atoms in total. The van der Waals surface area contributed by atoms with Crippen LogP contribution in [0.4, 0.5) is 0 Å². The quantitative estimate of drug-likeness (QED) is 0.424. The minimum Gasteiger partial charge on any atom is -0.465 e. The van der Waals surface area contributed by atoms with E-state index in [0.717, 1.165) is 0 Å². The summed E-state index contributed by atoms with van der Waals surface area (Å²) in [7, 11) is 0. The zero-order chi connectivity index (χ0) is 15.2. The zero-order valence-electron chi connectivity index (χ0n) is 12.4. The smallest absolute Gasteiger partial charge is 0.330 e. The summed E-state index contributed by atoms with van der Waals surface area (Å²) in [6.45, 7) is 5.70. The number of carbonyl (C=O) groups is 3. The van der Waals surface area contributed by atoms with Crippen LogP contribution in [-0.4, -0.2) is 30.9 Å². The van der Waals surface area contributed by atoms with E-state index in [1.165, 1.54) is 6.08 Å². The van der Waals surface area contributed by atoms with Crippen LogP contribution in [-0.2, 0) is 23.9 Å². The Balaban J connectivity index is 2.89. The highest BCUT2D eigenvalue weighted by Gasteiger charge is 2.49. The van der Waals surface area contributed by atoms with Gasteiger partial charge in [0.05, 0.1) is 13.2 Å². The summed E-state index contributed by atoms with van der Waals surface area (Å²) in [5.74, 6) is -1.01. The van der Waals surface area contributed by atoms with Crippen LogP contribution in [0.2, 0.25) is 0 Å². The predicted molar refractivity (Wildman–Crippen MR) is 72.9 cm³/mol. The molecule has 0 saturated heterocycles. The predicted octanol–water partition coefficient (Wildman–Crippen LogP) is 2.19. The normalized spacial score (nSPS) is 22.8. The summed E-state index contributed by atoms with van der Waals surface area (Å²) in [6.07, 6.45) is 3.13. The lowest BCUT2D eigenvalue weighted by Crippen LogP contribution is -2.37. The van der Waals surface area contributed by atoms with Gasteiger partial charge in [0.1, 0.15) is 5.41 Å². The second-order valence-corrected chi connectivity index (χ2v) is 5.00. The molecule has 1 fully saturated rings. The van der Waals surface area contributed by atoms with Crippen molar-refractivity contribution in [3.63, 3.8) is 0 Å². The van der Waals surface area contributed by atoms with Gasteiger partial charge in [0.2, 0.25) is 0 Å². The van der Waals surface area contributed by atoms with Gasteiger partial charge < -0.3 is 9.47 Å². The summed E-state index contributed by atoms with van der Waals surface area (Å²) in [4.78, 5) is 35.7. The molecule has 112 valence electrons. The van der Waals surface area contributed by atoms with Crippen LogP contribution >= 0.6 is 0 Å². The molecule has 1 rings (SSSR count). The molecular weight excluding hydrogens is 260 g/mol. The van der Waals surface area contributed by atoms with Crippen molar-refractivity contribution >= 4 is 17.7 Å².